The minimum Gasteiger partial charge on any atom is -0.477 e. The van der Waals surface area contributed by atoms with Crippen LogP contribution in [-0.4, -0.2) is 14.7 Å². The Morgan fingerprint density at radius 1 is 1.24 bits per heavy atom. The van der Waals surface area contributed by atoms with Crippen LogP contribution >= 0.6 is 11.6 Å². The molecular formula is C19H17ClN3O2+. The highest BCUT2D eigenvalue weighted by Crippen LogP contribution is 2.32. The van der Waals surface area contributed by atoms with E-state index < -0.39 is 0 Å². The van der Waals surface area contributed by atoms with Crippen LogP contribution in [0.25, 0.3) is 11.1 Å². The fourth-order valence-corrected chi connectivity index (χ4v) is 3.66. The first-order valence-corrected chi connectivity index (χ1v) is 8.49. The molecule has 0 saturated carbocycles. The van der Waals surface area contributed by atoms with Crippen molar-refractivity contribution in [3.05, 3.63) is 75.6 Å². The number of halogens is 1. The molecule has 6 heteroatoms. The minimum absolute atomic E-state index is 0.00247. The molecule has 126 valence electrons. The fourth-order valence-electron chi connectivity index (χ4n) is 3.55. The highest BCUT2D eigenvalue weighted by Gasteiger charge is 2.37. The molecule has 2 aromatic heterocycles. The van der Waals surface area contributed by atoms with Gasteiger partial charge in [0.05, 0.1) is 13.5 Å². The molecule has 3 heterocycles. The Hall–Kier alpha value is -2.66. The van der Waals surface area contributed by atoms with Gasteiger partial charge in [0.25, 0.3) is 11.7 Å². The average Bonchev–Trinajstić information content (AvgIpc) is 3.07. The second-order valence-corrected chi connectivity index (χ2v) is 6.57. The molecule has 1 aliphatic heterocycles. The average molecular weight is 355 g/mol. The van der Waals surface area contributed by atoms with E-state index in [1.54, 1.807) is 28.4 Å². The molecule has 3 aromatic rings. The Labute approximate surface area is 149 Å². The van der Waals surface area contributed by atoms with E-state index in [9.17, 15) is 9.90 Å². The minimum atomic E-state index is -0.186. The predicted molar refractivity (Wildman–Crippen MR) is 94.7 cm³/mol. The maximum absolute atomic E-state index is 13.2. The molecule has 1 unspecified atom stereocenters. The van der Waals surface area contributed by atoms with E-state index in [0.29, 0.717) is 22.7 Å². The third-order valence-electron chi connectivity index (χ3n) is 4.79. The zero-order valence-corrected chi connectivity index (χ0v) is 14.4. The molecule has 0 radical (unpaired) electrons. The molecule has 25 heavy (non-hydrogen) atoms. The van der Waals surface area contributed by atoms with Crippen LogP contribution in [0.2, 0.25) is 5.15 Å². The summed E-state index contributed by atoms with van der Waals surface area (Å²) < 4.78 is 3.47. The van der Waals surface area contributed by atoms with Crippen LogP contribution in [0.4, 0.5) is 0 Å². The quantitative estimate of drug-likeness (QED) is 0.568. The smallest absolute Gasteiger partial charge is 0.349 e. The monoisotopic (exact) mass is 354 g/mol. The van der Waals surface area contributed by atoms with E-state index >= 15 is 0 Å². The summed E-state index contributed by atoms with van der Waals surface area (Å²) in [4.78, 5) is 17.4. The Morgan fingerprint density at radius 3 is 2.68 bits per heavy atom. The topological polar surface area (TPSA) is 59.0 Å². The fraction of sp³-hybridized carbons (Fsp3) is 0.211. The van der Waals surface area contributed by atoms with Gasteiger partial charge in [0.15, 0.2) is 5.56 Å². The highest BCUT2D eigenvalue weighted by atomic mass is 35.5. The Kier molecular flexibility index (Phi) is 3.81. The lowest BCUT2D eigenvalue weighted by Crippen LogP contribution is -2.42. The number of nitrogens with zero attached hydrogens (tertiary/aromatic N) is 3. The third kappa shape index (κ3) is 2.51. The van der Waals surface area contributed by atoms with Crippen molar-refractivity contribution in [2.75, 3.05) is 0 Å². The molecule has 4 rings (SSSR count). The van der Waals surface area contributed by atoms with Crippen molar-refractivity contribution in [1.29, 1.82) is 0 Å². The molecule has 0 aliphatic carbocycles. The number of fused-ring (bicyclic) bond motifs is 1. The van der Waals surface area contributed by atoms with E-state index in [4.69, 9.17) is 11.6 Å². The van der Waals surface area contributed by atoms with Gasteiger partial charge in [0.2, 0.25) is 0 Å². The molecule has 0 spiro atoms. The van der Waals surface area contributed by atoms with Crippen LogP contribution < -0.4 is 10.1 Å². The van der Waals surface area contributed by atoms with Crippen molar-refractivity contribution >= 4 is 11.6 Å². The zero-order chi connectivity index (χ0) is 17.6. The van der Waals surface area contributed by atoms with Crippen molar-refractivity contribution in [3.8, 4) is 17.0 Å². The number of hydrogen-bond donors (Lipinski definition) is 1. The second kappa shape index (κ2) is 6.01. The first-order chi connectivity index (χ1) is 12.1. The number of benzene rings is 1. The summed E-state index contributed by atoms with van der Waals surface area (Å²) in [7, 11) is 1.79. The van der Waals surface area contributed by atoms with Crippen LogP contribution in [0.1, 0.15) is 23.9 Å². The Balaban J connectivity index is 1.95. The van der Waals surface area contributed by atoms with E-state index in [1.807, 2.05) is 36.4 Å². The van der Waals surface area contributed by atoms with E-state index in [1.165, 1.54) is 0 Å². The Bertz CT molecular complexity index is 998. The molecule has 1 aliphatic rings. The van der Waals surface area contributed by atoms with Crippen LogP contribution in [0.15, 0.2) is 53.5 Å². The lowest BCUT2D eigenvalue weighted by Gasteiger charge is -2.12. The first kappa shape index (κ1) is 15.8. The van der Waals surface area contributed by atoms with Crippen LogP contribution in [0, 0.1) is 0 Å². The van der Waals surface area contributed by atoms with Gasteiger partial charge >= 0.3 is 5.56 Å². The summed E-state index contributed by atoms with van der Waals surface area (Å²) in [6.45, 7) is 0. The molecule has 0 bridgehead atoms. The number of rotatable bonds is 2. The van der Waals surface area contributed by atoms with Gasteiger partial charge in [-0.25, -0.2) is 14.3 Å². The summed E-state index contributed by atoms with van der Waals surface area (Å²) in [5.41, 5.74) is 1.78. The molecule has 0 saturated heterocycles. The molecule has 0 amide bonds. The summed E-state index contributed by atoms with van der Waals surface area (Å²) in [5, 5.41) is 11.0. The summed E-state index contributed by atoms with van der Waals surface area (Å²) in [6, 6.07) is 12.8. The predicted octanol–water partition coefficient (Wildman–Crippen LogP) is 2.63. The lowest BCUT2D eigenvalue weighted by molar-refractivity contribution is -0.688. The van der Waals surface area contributed by atoms with E-state index in [2.05, 4.69) is 4.98 Å². The molecule has 5 nitrogen and oxygen atoms in total. The normalized spacial score (nSPS) is 16.0. The van der Waals surface area contributed by atoms with E-state index in [0.717, 1.165) is 17.8 Å². The molecule has 0 fully saturated rings. The molecule has 1 atom stereocenters. The van der Waals surface area contributed by atoms with Gasteiger partial charge in [-0.1, -0.05) is 48.0 Å². The summed E-state index contributed by atoms with van der Waals surface area (Å²) in [6.07, 6.45) is 3.20. The van der Waals surface area contributed by atoms with Gasteiger partial charge in [-0.15, -0.1) is 0 Å². The van der Waals surface area contributed by atoms with Gasteiger partial charge in [0, 0.05) is 18.2 Å². The SMILES string of the molecule is C[n+]1c(O)c(-c2ccccc2)c(=O)n2c1CCC2c1ccc(Cl)nc1. The maximum atomic E-state index is 13.2. The first-order valence-electron chi connectivity index (χ1n) is 8.11. The molecular weight excluding hydrogens is 338 g/mol. The van der Waals surface area contributed by atoms with Gasteiger partial charge < -0.3 is 5.11 Å². The van der Waals surface area contributed by atoms with Crippen LogP contribution in [0.3, 0.4) is 0 Å². The summed E-state index contributed by atoms with van der Waals surface area (Å²) >= 11 is 5.88. The van der Waals surface area contributed by atoms with Crippen molar-refractivity contribution in [2.45, 2.75) is 18.9 Å². The lowest BCUT2D eigenvalue weighted by atomic mass is 10.1. The second-order valence-electron chi connectivity index (χ2n) is 6.18. The number of pyridine rings is 1. The van der Waals surface area contributed by atoms with Crippen molar-refractivity contribution in [1.82, 2.24) is 9.55 Å². The largest absolute Gasteiger partial charge is 0.477 e. The third-order valence-corrected chi connectivity index (χ3v) is 5.01. The van der Waals surface area contributed by atoms with Crippen molar-refractivity contribution in [2.24, 2.45) is 7.05 Å². The number of aromatic hydroxyl groups is 1. The van der Waals surface area contributed by atoms with Crippen LogP contribution in [-0.2, 0) is 13.5 Å². The maximum Gasteiger partial charge on any atom is 0.349 e. The zero-order valence-electron chi connectivity index (χ0n) is 13.7. The number of hydrogen-bond acceptors (Lipinski definition) is 3. The van der Waals surface area contributed by atoms with Gasteiger partial charge in [-0.05, 0) is 11.6 Å². The van der Waals surface area contributed by atoms with Gasteiger partial charge in [0.1, 0.15) is 11.2 Å². The van der Waals surface area contributed by atoms with Crippen molar-refractivity contribution in [3.63, 3.8) is 0 Å². The summed E-state index contributed by atoms with van der Waals surface area (Å²) in [5.74, 6) is 0.805. The Morgan fingerprint density at radius 2 is 2.00 bits per heavy atom. The van der Waals surface area contributed by atoms with E-state index in [-0.39, 0.29) is 17.5 Å². The van der Waals surface area contributed by atoms with Gasteiger partial charge in [-0.2, -0.15) is 4.57 Å². The number of aromatic nitrogens is 3. The highest BCUT2D eigenvalue weighted by molar-refractivity contribution is 6.29. The molecule has 1 N–H and O–H groups in total. The van der Waals surface area contributed by atoms with Gasteiger partial charge in [-0.3, -0.25) is 0 Å². The molecule has 1 aromatic carbocycles. The standard InChI is InChI=1S/C19H16ClN3O2/c1-22-16-10-8-14(13-7-9-15(20)21-11-13)23(16)19(25)17(18(22)24)12-5-3-2-4-6-12/h2-7,9,11,14H,8,10H2,1H3/p+1. The van der Waals surface area contributed by atoms with Crippen LogP contribution in [0.5, 0.6) is 5.88 Å². The van der Waals surface area contributed by atoms with Crippen molar-refractivity contribution < 1.29 is 9.67 Å².